The predicted octanol–water partition coefficient (Wildman–Crippen LogP) is -1.70. The Kier molecular flexibility index (Phi) is 5.59. The molecule has 0 spiro atoms. The van der Waals surface area contributed by atoms with E-state index in [1.165, 1.54) is 5.32 Å². The first kappa shape index (κ1) is 20.0. The number of quaternary nitrogens is 1. The molecule has 0 aromatic heterocycles. The van der Waals surface area contributed by atoms with Gasteiger partial charge in [-0.05, 0) is 0 Å². The Labute approximate surface area is 140 Å². The highest BCUT2D eigenvalue weighted by Crippen LogP contribution is 2.36. The minimum atomic E-state index is -1.89. The lowest BCUT2D eigenvalue weighted by Crippen LogP contribution is -3.05. The molecule has 0 unspecified atom stereocenters. The third-order valence-electron chi connectivity index (χ3n) is 3.26. The van der Waals surface area contributed by atoms with Gasteiger partial charge in [-0.25, -0.2) is 0 Å². The molecular weight excluding hydrogens is 368 g/mol. The van der Waals surface area contributed by atoms with Gasteiger partial charge >= 0.3 is 5.66 Å². The van der Waals surface area contributed by atoms with Crippen molar-refractivity contribution in [3.8, 4) is 5.75 Å². The number of nitro groups is 5. The zero-order valence-electron chi connectivity index (χ0n) is 12.4. The Balaban J connectivity index is 0.000000289. The van der Waals surface area contributed by atoms with Crippen LogP contribution in [-0.4, -0.2) is 43.4 Å². The molecule has 17 nitrogen and oxygen atoms in total. The number of non-ortho nitro benzene ring substituents is 1. The second kappa shape index (κ2) is 7.25. The minimum Gasteiger partial charge on any atom is -0.863 e. The maximum atomic E-state index is 11.1. The van der Waals surface area contributed by atoms with Crippen LogP contribution in [0.1, 0.15) is 0 Å². The smallest absolute Gasteiger partial charge is 0.551 e. The van der Waals surface area contributed by atoms with Crippen molar-refractivity contribution in [2.45, 2.75) is 5.66 Å². The third-order valence-corrected chi connectivity index (χ3v) is 3.26. The summed E-state index contributed by atoms with van der Waals surface area (Å²) in [7, 11) is 0. The van der Waals surface area contributed by atoms with Crippen LogP contribution in [-0.2, 0) is 0 Å². The van der Waals surface area contributed by atoms with E-state index in [4.69, 9.17) is 0 Å². The Morgan fingerprint density at radius 1 is 0.769 bits per heavy atom. The van der Waals surface area contributed by atoms with Crippen LogP contribution >= 0.6 is 0 Å². The fourth-order valence-corrected chi connectivity index (χ4v) is 1.73. The second-order valence-corrected chi connectivity index (χ2v) is 4.78. The molecule has 2 rings (SSSR count). The summed E-state index contributed by atoms with van der Waals surface area (Å²) in [4.78, 5) is 46.0. The van der Waals surface area contributed by atoms with Crippen LogP contribution in [0.2, 0.25) is 0 Å². The van der Waals surface area contributed by atoms with Gasteiger partial charge in [0.15, 0.2) is 0 Å². The standard InChI is InChI=1S/C6H3N3O7.C3H5N3O4/c10-6-4(8(13)14)1-3(7(11)12)2-5(6)9(15)16;7-5(8)3(6(9)10)1-4-2-3/h1-2,10H;4H,1-2H2. The van der Waals surface area contributed by atoms with Crippen LogP contribution < -0.4 is 10.4 Å². The van der Waals surface area contributed by atoms with Crippen LogP contribution in [0.15, 0.2) is 12.1 Å². The van der Waals surface area contributed by atoms with Gasteiger partial charge in [0.1, 0.15) is 9.85 Å². The van der Waals surface area contributed by atoms with Gasteiger partial charge in [-0.3, -0.25) is 50.6 Å². The fourth-order valence-electron chi connectivity index (χ4n) is 1.73. The van der Waals surface area contributed by atoms with Crippen molar-refractivity contribution in [2.75, 3.05) is 13.1 Å². The van der Waals surface area contributed by atoms with Gasteiger partial charge in [-0.1, -0.05) is 0 Å². The first-order valence-electron chi connectivity index (χ1n) is 6.33. The van der Waals surface area contributed by atoms with Gasteiger partial charge in [0.2, 0.25) is 13.1 Å². The molecule has 26 heavy (non-hydrogen) atoms. The number of rotatable bonds is 5. The molecule has 1 aromatic carbocycles. The molecule has 0 atom stereocenters. The molecule has 140 valence electrons. The lowest BCUT2D eigenvalue weighted by molar-refractivity contribution is -0.932. The summed E-state index contributed by atoms with van der Waals surface area (Å²) in [5.41, 5.74) is -5.15. The molecule has 1 fully saturated rings. The van der Waals surface area contributed by atoms with Crippen molar-refractivity contribution in [1.82, 2.24) is 0 Å². The van der Waals surface area contributed by atoms with Gasteiger partial charge < -0.3 is 10.4 Å². The molecule has 1 aliphatic heterocycles. The molecular formula is C9H8N6O11. The van der Waals surface area contributed by atoms with E-state index in [-0.39, 0.29) is 13.1 Å². The highest BCUT2D eigenvalue weighted by Gasteiger charge is 2.67. The number of benzene rings is 1. The quantitative estimate of drug-likeness (QED) is 0.344. The highest BCUT2D eigenvalue weighted by molar-refractivity contribution is 5.63. The molecule has 0 saturated carbocycles. The molecule has 1 saturated heterocycles. The average molecular weight is 376 g/mol. The lowest BCUT2D eigenvalue weighted by atomic mass is 10.1. The fraction of sp³-hybridized carbons (Fsp3) is 0.333. The monoisotopic (exact) mass is 376 g/mol. The van der Waals surface area contributed by atoms with Gasteiger partial charge in [0, 0.05) is 0 Å². The summed E-state index contributed by atoms with van der Waals surface area (Å²) < 4.78 is 0. The molecule has 0 radical (unpaired) electrons. The molecule has 0 amide bonds. The number of hydrogen-bond acceptors (Lipinski definition) is 11. The van der Waals surface area contributed by atoms with E-state index in [1.54, 1.807) is 0 Å². The van der Waals surface area contributed by atoms with E-state index in [9.17, 15) is 55.7 Å². The number of nitrogens with zero attached hydrogens (tertiary/aromatic N) is 5. The van der Waals surface area contributed by atoms with Crippen molar-refractivity contribution >= 4 is 17.1 Å². The van der Waals surface area contributed by atoms with Crippen LogP contribution in [0.5, 0.6) is 5.75 Å². The Morgan fingerprint density at radius 3 is 1.31 bits per heavy atom. The summed E-state index contributed by atoms with van der Waals surface area (Å²) in [6.07, 6.45) is 0. The van der Waals surface area contributed by atoms with Crippen LogP contribution in [0, 0.1) is 50.6 Å². The van der Waals surface area contributed by atoms with Crippen LogP contribution in [0.25, 0.3) is 0 Å². The van der Waals surface area contributed by atoms with Crippen molar-refractivity contribution in [2.24, 2.45) is 0 Å². The van der Waals surface area contributed by atoms with E-state index in [2.05, 4.69) is 0 Å². The predicted molar refractivity (Wildman–Crippen MR) is 74.2 cm³/mol. The number of hydrogen-bond donors (Lipinski definition) is 1. The lowest BCUT2D eigenvalue weighted by Gasteiger charge is -2.20. The highest BCUT2D eigenvalue weighted by atomic mass is 16.7. The van der Waals surface area contributed by atoms with Crippen molar-refractivity contribution in [3.63, 3.8) is 0 Å². The van der Waals surface area contributed by atoms with Crippen LogP contribution in [0.4, 0.5) is 17.1 Å². The van der Waals surface area contributed by atoms with E-state index in [1.807, 2.05) is 0 Å². The van der Waals surface area contributed by atoms with Crippen molar-refractivity contribution in [1.29, 1.82) is 0 Å². The summed E-state index contributed by atoms with van der Waals surface area (Å²) in [5, 5.41) is 63.8. The normalized spacial score (nSPS) is 14.2. The Hall–Kier alpha value is -4.02. The van der Waals surface area contributed by atoms with Gasteiger partial charge in [-0.15, -0.1) is 0 Å². The number of nitrogens with two attached hydrogens (primary N) is 1. The van der Waals surface area contributed by atoms with Gasteiger partial charge in [-0.2, -0.15) is 0 Å². The largest absolute Gasteiger partial charge is 0.863 e. The molecule has 0 bridgehead atoms. The first-order chi connectivity index (χ1) is 11.9. The molecule has 1 aliphatic rings. The Morgan fingerprint density at radius 2 is 1.15 bits per heavy atom. The molecule has 1 aromatic rings. The van der Waals surface area contributed by atoms with Crippen molar-refractivity contribution < 1.29 is 35.0 Å². The topological polar surface area (TPSA) is 255 Å². The molecule has 0 aliphatic carbocycles. The van der Waals surface area contributed by atoms with Gasteiger partial charge in [0.05, 0.1) is 32.7 Å². The summed E-state index contributed by atoms with van der Waals surface area (Å²) in [6, 6.07) is 0.769. The first-order valence-corrected chi connectivity index (χ1v) is 6.33. The molecule has 2 N–H and O–H groups in total. The SMILES string of the molecule is O=[N+]([O-])C1([N+](=O)[O-])C[NH2+]C1.O=[N+]([O-])c1cc([N+](=O)[O-])c([O-])c([N+](=O)[O-])c1. The van der Waals surface area contributed by atoms with Gasteiger partial charge in [0.25, 0.3) is 17.1 Å². The average Bonchev–Trinajstić information content (AvgIpc) is 2.44. The van der Waals surface area contributed by atoms with E-state index in [0.717, 1.165) is 0 Å². The summed E-state index contributed by atoms with van der Waals surface area (Å²) in [6.45, 7) is -0.0972. The third kappa shape index (κ3) is 3.72. The minimum absolute atomic E-state index is 0.0486. The maximum absolute atomic E-state index is 11.1. The van der Waals surface area contributed by atoms with Crippen molar-refractivity contribution in [3.05, 3.63) is 62.7 Å². The Bertz CT molecular complexity index is 752. The second-order valence-electron chi connectivity index (χ2n) is 4.78. The summed E-state index contributed by atoms with van der Waals surface area (Å²) >= 11 is 0. The maximum Gasteiger partial charge on any atom is 0.551 e. The summed E-state index contributed by atoms with van der Waals surface area (Å²) in [5.74, 6) is -1.46. The van der Waals surface area contributed by atoms with Crippen LogP contribution in [0.3, 0.4) is 0 Å². The zero-order valence-corrected chi connectivity index (χ0v) is 12.4. The van der Waals surface area contributed by atoms with E-state index < -0.39 is 53.1 Å². The molecule has 17 heteroatoms. The number of nitro benzene ring substituents is 3. The van der Waals surface area contributed by atoms with E-state index >= 15 is 0 Å². The zero-order chi connectivity index (χ0) is 20.2. The molecule has 1 heterocycles. The van der Waals surface area contributed by atoms with E-state index in [0.29, 0.717) is 12.1 Å².